The van der Waals surface area contributed by atoms with Gasteiger partial charge in [0.2, 0.25) is 5.91 Å². The van der Waals surface area contributed by atoms with E-state index in [1.807, 2.05) is 23.2 Å². The lowest BCUT2D eigenvalue weighted by Gasteiger charge is -2.24. The molecular weight excluding hydrogens is 324 g/mol. The second kappa shape index (κ2) is 7.96. The Morgan fingerprint density at radius 2 is 1.92 bits per heavy atom. The Balaban J connectivity index is 1.41. The molecular formula is C21H26N4O. The summed E-state index contributed by atoms with van der Waals surface area (Å²) in [6.07, 6.45) is 10.6. The van der Waals surface area contributed by atoms with E-state index < -0.39 is 0 Å². The first-order valence-corrected chi connectivity index (χ1v) is 9.65. The van der Waals surface area contributed by atoms with Crippen molar-refractivity contribution in [3.05, 3.63) is 59.7 Å². The number of pyridine rings is 2. The average Bonchev–Trinajstić information content (AvgIpc) is 3.35. The molecule has 0 aromatic carbocycles. The van der Waals surface area contributed by atoms with Gasteiger partial charge in [0.1, 0.15) is 0 Å². The standard InChI is InChI=1S/C21H26N4O/c26-21(13-17-5-3-9-22-14-17)25-12-4-6-20(25)19-8-7-18(15-23-19)16-24-10-1-2-11-24/h3,5,7-9,14-15,20H,1-2,4,6,10-13,16H2. The number of carbonyl (C=O) groups excluding carboxylic acids is 1. The second-order valence-electron chi connectivity index (χ2n) is 7.36. The highest BCUT2D eigenvalue weighted by atomic mass is 16.2. The number of aromatic nitrogens is 2. The van der Waals surface area contributed by atoms with Crippen molar-refractivity contribution >= 4 is 5.91 Å². The number of rotatable bonds is 5. The van der Waals surface area contributed by atoms with E-state index >= 15 is 0 Å². The minimum Gasteiger partial charge on any atom is -0.334 e. The molecule has 5 nitrogen and oxygen atoms in total. The largest absolute Gasteiger partial charge is 0.334 e. The topological polar surface area (TPSA) is 49.3 Å². The summed E-state index contributed by atoms with van der Waals surface area (Å²) in [5, 5.41) is 0. The summed E-state index contributed by atoms with van der Waals surface area (Å²) in [5.41, 5.74) is 3.26. The molecule has 0 N–H and O–H groups in total. The number of carbonyl (C=O) groups is 1. The van der Waals surface area contributed by atoms with E-state index in [-0.39, 0.29) is 11.9 Å². The highest BCUT2D eigenvalue weighted by Gasteiger charge is 2.30. The van der Waals surface area contributed by atoms with Gasteiger partial charge < -0.3 is 4.90 Å². The van der Waals surface area contributed by atoms with E-state index in [0.29, 0.717) is 6.42 Å². The molecule has 136 valence electrons. The normalized spacial score (nSPS) is 20.6. The van der Waals surface area contributed by atoms with Crippen LogP contribution in [-0.2, 0) is 17.8 Å². The molecule has 2 saturated heterocycles. The fraction of sp³-hybridized carbons (Fsp3) is 0.476. The van der Waals surface area contributed by atoms with Crippen LogP contribution in [0.1, 0.15) is 48.5 Å². The molecule has 2 aromatic rings. The smallest absolute Gasteiger partial charge is 0.227 e. The molecule has 1 amide bonds. The zero-order valence-electron chi connectivity index (χ0n) is 15.2. The van der Waals surface area contributed by atoms with Gasteiger partial charge in [0.25, 0.3) is 0 Å². The maximum atomic E-state index is 12.8. The molecule has 1 unspecified atom stereocenters. The fourth-order valence-electron chi connectivity index (χ4n) is 4.08. The maximum Gasteiger partial charge on any atom is 0.227 e. The zero-order valence-corrected chi connectivity index (χ0v) is 15.2. The van der Waals surface area contributed by atoms with Gasteiger partial charge >= 0.3 is 0 Å². The lowest BCUT2D eigenvalue weighted by atomic mass is 10.1. The van der Waals surface area contributed by atoms with Gasteiger partial charge in [-0.3, -0.25) is 19.7 Å². The summed E-state index contributed by atoms with van der Waals surface area (Å²) in [6, 6.07) is 8.25. The fourth-order valence-corrected chi connectivity index (χ4v) is 4.08. The molecule has 0 aliphatic carbocycles. The van der Waals surface area contributed by atoms with Gasteiger partial charge in [0, 0.05) is 31.7 Å². The number of likely N-dealkylation sites (tertiary alicyclic amines) is 2. The summed E-state index contributed by atoms with van der Waals surface area (Å²) in [4.78, 5) is 26.1. The SMILES string of the molecule is O=C(Cc1cccnc1)N1CCCC1c1ccc(CN2CCCC2)cn1. The van der Waals surface area contributed by atoms with Gasteiger partial charge in [0.15, 0.2) is 0 Å². The molecule has 0 spiro atoms. The Morgan fingerprint density at radius 3 is 2.65 bits per heavy atom. The molecule has 2 aliphatic heterocycles. The minimum atomic E-state index is 0.111. The van der Waals surface area contributed by atoms with E-state index in [1.54, 1.807) is 12.4 Å². The predicted molar refractivity (Wildman–Crippen MR) is 100 cm³/mol. The van der Waals surface area contributed by atoms with E-state index in [1.165, 1.54) is 31.5 Å². The van der Waals surface area contributed by atoms with Crippen LogP contribution >= 0.6 is 0 Å². The molecule has 2 aliphatic rings. The molecule has 5 heteroatoms. The number of hydrogen-bond donors (Lipinski definition) is 0. The lowest BCUT2D eigenvalue weighted by molar-refractivity contribution is -0.131. The monoisotopic (exact) mass is 350 g/mol. The summed E-state index contributed by atoms with van der Waals surface area (Å²) in [6.45, 7) is 4.20. The van der Waals surface area contributed by atoms with Crippen molar-refractivity contribution in [3.63, 3.8) is 0 Å². The molecule has 2 aromatic heterocycles. The summed E-state index contributed by atoms with van der Waals surface area (Å²) >= 11 is 0. The van der Waals surface area contributed by atoms with Crippen LogP contribution in [0.2, 0.25) is 0 Å². The van der Waals surface area contributed by atoms with Crippen LogP contribution in [0.3, 0.4) is 0 Å². The van der Waals surface area contributed by atoms with Crippen molar-refractivity contribution < 1.29 is 4.79 Å². The number of hydrogen-bond acceptors (Lipinski definition) is 4. The average molecular weight is 350 g/mol. The molecule has 26 heavy (non-hydrogen) atoms. The van der Waals surface area contributed by atoms with Crippen LogP contribution in [0.4, 0.5) is 0 Å². The van der Waals surface area contributed by atoms with E-state index in [2.05, 4.69) is 22.0 Å². The Bertz CT molecular complexity index is 725. The molecule has 2 fully saturated rings. The van der Waals surface area contributed by atoms with Crippen molar-refractivity contribution in [2.75, 3.05) is 19.6 Å². The van der Waals surface area contributed by atoms with E-state index in [0.717, 1.165) is 37.2 Å². The Kier molecular flexibility index (Phi) is 5.25. The highest BCUT2D eigenvalue weighted by Crippen LogP contribution is 2.31. The van der Waals surface area contributed by atoms with Crippen molar-refractivity contribution in [1.29, 1.82) is 0 Å². The number of nitrogens with zero attached hydrogens (tertiary/aromatic N) is 4. The molecule has 0 radical (unpaired) electrons. The molecule has 4 heterocycles. The third kappa shape index (κ3) is 3.93. The summed E-state index contributed by atoms with van der Waals surface area (Å²) in [7, 11) is 0. The second-order valence-corrected chi connectivity index (χ2v) is 7.36. The first-order chi connectivity index (χ1) is 12.8. The Morgan fingerprint density at radius 1 is 1.04 bits per heavy atom. The predicted octanol–water partition coefficient (Wildman–Crippen LogP) is 2.98. The first-order valence-electron chi connectivity index (χ1n) is 9.65. The van der Waals surface area contributed by atoms with Crippen LogP contribution in [0.15, 0.2) is 42.9 Å². The minimum absolute atomic E-state index is 0.111. The van der Waals surface area contributed by atoms with E-state index in [4.69, 9.17) is 4.98 Å². The Hall–Kier alpha value is -2.27. The van der Waals surface area contributed by atoms with Gasteiger partial charge in [0.05, 0.1) is 18.2 Å². The van der Waals surface area contributed by atoms with Gasteiger partial charge in [-0.25, -0.2) is 0 Å². The lowest BCUT2D eigenvalue weighted by Crippen LogP contribution is -2.32. The van der Waals surface area contributed by atoms with Crippen molar-refractivity contribution in [2.45, 2.75) is 44.7 Å². The van der Waals surface area contributed by atoms with Gasteiger partial charge in [-0.2, -0.15) is 0 Å². The molecule has 0 saturated carbocycles. The van der Waals surface area contributed by atoms with Crippen LogP contribution in [0.25, 0.3) is 0 Å². The van der Waals surface area contributed by atoms with Crippen LogP contribution < -0.4 is 0 Å². The van der Waals surface area contributed by atoms with Crippen molar-refractivity contribution in [1.82, 2.24) is 19.8 Å². The van der Waals surface area contributed by atoms with Crippen molar-refractivity contribution in [3.8, 4) is 0 Å². The van der Waals surface area contributed by atoms with Crippen LogP contribution in [0.5, 0.6) is 0 Å². The van der Waals surface area contributed by atoms with Gasteiger partial charge in [-0.1, -0.05) is 12.1 Å². The highest BCUT2D eigenvalue weighted by molar-refractivity contribution is 5.79. The Labute approximate surface area is 155 Å². The maximum absolute atomic E-state index is 12.8. The molecule has 1 atom stereocenters. The number of amides is 1. The van der Waals surface area contributed by atoms with Gasteiger partial charge in [-0.05, 0) is 62.0 Å². The first kappa shape index (κ1) is 17.2. The molecule has 0 bridgehead atoms. The van der Waals surface area contributed by atoms with Gasteiger partial charge in [-0.15, -0.1) is 0 Å². The van der Waals surface area contributed by atoms with Crippen LogP contribution in [-0.4, -0.2) is 45.3 Å². The van der Waals surface area contributed by atoms with E-state index in [9.17, 15) is 4.79 Å². The summed E-state index contributed by atoms with van der Waals surface area (Å²) < 4.78 is 0. The molecule has 4 rings (SSSR count). The van der Waals surface area contributed by atoms with Crippen LogP contribution in [0, 0.1) is 0 Å². The van der Waals surface area contributed by atoms with Crippen molar-refractivity contribution in [2.24, 2.45) is 0 Å². The zero-order chi connectivity index (χ0) is 17.8. The quantitative estimate of drug-likeness (QED) is 0.832. The summed E-state index contributed by atoms with van der Waals surface area (Å²) in [5.74, 6) is 0.170. The third-order valence-corrected chi connectivity index (χ3v) is 5.45. The third-order valence-electron chi connectivity index (χ3n) is 5.45.